The molecule has 0 fully saturated rings. The van der Waals surface area contributed by atoms with E-state index in [1.54, 1.807) is 11.3 Å². The van der Waals surface area contributed by atoms with Crippen LogP contribution in [0, 0.1) is 13.8 Å². The van der Waals surface area contributed by atoms with E-state index in [9.17, 15) is 0 Å². The Kier molecular flexibility index (Phi) is 4.03. The van der Waals surface area contributed by atoms with Crippen molar-refractivity contribution in [2.75, 3.05) is 0 Å². The van der Waals surface area contributed by atoms with Gasteiger partial charge in [0, 0.05) is 10.9 Å². The monoisotopic (exact) mass is 318 g/mol. The molecule has 0 atom stereocenters. The molecule has 0 aliphatic rings. The van der Waals surface area contributed by atoms with Crippen LogP contribution in [0.25, 0.3) is 10.6 Å². The highest BCUT2D eigenvalue weighted by molar-refractivity contribution is 7.13. The van der Waals surface area contributed by atoms with Gasteiger partial charge in [0.15, 0.2) is 0 Å². The van der Waals surface area contributed by atoms with Crippen LogP contribution in [-0.4, -0.2) is 19.7 Å². The first-order valence-corrected chi connectivity index (χ1v) is 8.05. The third kappa shape index (κ3) is 3.14. The Morgan fingerprint density at radius 2 is 2.10 bits per heavy atom. The van der Waals surface area contributed by atoms with Crippen molar-refractivity contribution < 1.29 is 0 Å². The third-order valence-electron chi connectivity index (χ3n) is 3.16. The Labute approximate surface area is 132 Å². The predicted octanol–water partition coefficient (Wildman–Crippen LogP) is 3.81. The summed E-state index contributed by atoms with van der Waals surface area (Å²) < 4.78 is 1.92. The molecule has 3 aromatic rings. The largest absolute Gasteiger partial charge is 0.246 e. The number of aryl methyl sites for hydroxylation is 2. The molecule has 0 radical (unpaired) electrons. The quantitative estimate of drug-likeness (QED) is 0.687. The van der Waals surface area contributed by atoms with Gasteiger partial charge in [-0.1, -0.05) is 18.2 Å². The van der Waals surface area contributed by atoms with E-state index in [0.717, 1.165) is 27.9 Å². The van der Waals surface area contributed by atoms with Gasteiger partial charge >= 0.3 is 0 Å². The van der Waals surface area contributed by atoms with Crippen molar-refractivity contribution >= 4 is 22.9 Å². The van der Waals surface area contributed by atoms with E-state index < -0.39 is 0 Å². The van der Waals surface area contributed by atoms with E-state index in [1.807, 2.05) is 30.0 Å². The lowest BCUT2D eigenvalue weighted by atomic mass is 10.1. The molecule has 0 unspecified atom stereocenters. The number of rotatable bonds is 4. The summed E-state index contributed by atoms with van der Waals surface area (Å²) in [7, 11) is 0. The molecule has 108 valence electrons. The molecular formula is C15H15ClN4S. The van der Waals surface area contributed by atoms with Gasteiger partial charge in [-0.2, -0.15) is 5.10 Å². The van der Waals surface area contributed by atoms with Crippen molar-refractivity contribution in [2.24, 2.45) is 0 Å². The van der Waals surface area contributed by atoms with Gasteiger partial charge in [0.2, 0.25) is 0 Å². The number of alkyl halides is 1. The van der Waals surface area contributed by atoms with E-state index in [2.05, 4.69) is 33.3 Å². The highest BCUT2D eigenvalue weighted by Crippen LogP contribution is 2.25. The molecule has 4 nitrogen and oxygen atoms in total. The lowest BCUT2D eigenvalue weighted by Gasteiger charge is -2.05. The molecule has 0 aliphatic heterocycles. The highest BCUT2D eigenvalue weighted by atomic mass is 35.5. The molecule has 1 aromatic carbocycles. The lowest BCUT2D eigenvalue weighted by Crippen LogP contribution is -2.04. The third-order valence-corrected chi connectivity index (χ3v) is 4.37. The fourth-order valence-electron chi connectivity index (χ4n) is 2.19. The number of thiazole rings is 1. The second-order valence-electron chi connectivity index (χ2n) is 4.84. The number of hydrogen-bond donors (Lipinski definition) is 0. The summed E-state index contributed by atoms with van der Waals surface area (Å²) in [5, 5.41) is 7.40. The van der Waals surface area contributed by atoms with E-state index in [1.165, 1.54) is 5.56 Å². The first kappa shape index (κ1) is 14.2. The average molecular weight is 319 g/mol. The van der Waals surface area contributed by atoms with Crippen LogP contribution in [-0.2, 0) is 12.4 Å². The first-order chi connectivity index (χ1) is 10.2. The molecular weight excluding hydrogens is 304 g/mol. The summed E-state index contributed by atoms with van der Waals surface area (Å²) in [4.78, 5) is 8.85. The summed E-state index contributed by atoms with van der Waals surface area (Å²) in [5.41, 5.74) is 3.22. The number of hydrogen-bond acceptors (Lipinski definition) is 4. The Morgan fingerprint density at radius 1 is 1.24 bits per heavy atom. The maximum atomic E-state index is 5.81. The van der Waals surface area contributed by atoms with Crippen LogP contribution in [0.2, 0.25) is 0 Å². The van der Waals surface area contributed by atoms with Crippen molar-refractivity contribution in [1.29, 1.82) is 0 Å². The van der Waals surface area contributed by atoms with Crippen molar-refractivity contribution in [3.63, 3.8) is 0 Å². The molecule has 2 heterocycles. The molecule has 3 rings (SSSR count). The van der Waals surface area contributed by atoms with E-state index in [0.29, 0.717) is 12.4 Å². The Hall–Kier alpha value is -1.72. The highest BCUT2D eigenvalue weighted by Gasteiger charge is 2.07. The first-order valence-electron chi connectivity index (χ1n) is 6.63. The van der Waals surface area contributed by atoms with Gasteiger partial charge in [-0.05, 0) is 25.5 Å². The van der Waals surface area contributed by atoms with Gasteiger partial charge in [0.1, 0.15) is 16.7 Å². The molecule has 6 heteroatoms. The van der Waals surface area contributed by atoms with Gasteiger partial charge in [0.25, 0.3) is 0 Å². The maximum absolute atomic E-state index is 5.81. The minimum absolute atomic E-state index is 0.452. The van der Waals surface area contributed by atoms with Crippen molar-refractivity contribution in [1.82, 2.24) is 19.7 Å². The lowest BCUT2D eigenvalue weighted by molar-refractivity contribution is 0.656. The van der Waals surface area contributed by atoms with Crippen LogP contribution >= 0.6 is 22.9 Å². The Bertz CT molecular complexity index is 763. The standard InChI is InChI=1S/C15H15ClN4S/c1-10-17-11(2)20(19-10)8-12-4-3-5-13(6-12)15-18-14(7-16)9-21-15/h3-6,9H,7-8H2,1-2H3. The van der Waals surface area contributed by atoms with Crippen LogP contribution in [0.4, 0.5) is 0 Å². The van der Waals surface area contributed by atoms with Crippen molar-refractivity contribution in [3.05, 3.63) is 52.6 Å². The average Bonchev–Trinajstić information content (AvgIpc) is 3.06. The minimum atomic E-state index is 0.452. The smallest absolute Gasteiger partial charge is 0.147 e. The van der Waals surface area contributed by atoms with Gasteiger partial charge in [0.05, 0.1) is 18.1 Å². The van der Waals surface area contributed by atoms with Gasteiger partial charge in [-0.3, -0.25) is 0 Å². The summed E-state index contributed by atoms with van der Waals surface area (Å²) in [6.07, 6.45) is 0. The summed E-state index contributed by atoms with van der Waals surface area (Å²) in [6, 6.07) is 8.36. The predicted molar refractivity (Wildman–Crippen MR) is 85.7 cm³/mol. The Morgan fingerprint density at radius 3 is 2.76 bits per heavy atom. The summed E-state index contributed by atoms with van der Waals surface area (Å²) >= 11 is 7.43. The number of benzene rings is 1. The fourth-order valence-corrected chi connectivity index (χ4v) is 3.23. The second-order valence-corrected chi connectivity index (χ2v) is 5.97. The van der Waals surface area contributed by atoms with Gasteiger partial charge < -0.3 is 0 Å². The number of aromatic nitrogens is 4. The molecule has 21 heavy (non-hydrogen) atoms. The summed E-state index contributed by atoms with van der Waals surface area (Å²) in [5.74, 6) is 2.18. The van der Waals surface area contributed by atoms with Crippen molar-refractivity contribution in [2.45, 2.75) is 26.3 Å². The zero-order valence-electron chi connectivity index (χ0n) is 11.9. The molecule has 0 saturated heterocycles. The molecule has 0 saturated carbocycles. The van der Waals surface area contributed by atoms with Gasteiger partial charge in [-0.15, -0.1) is 22.9 Å². The molecule has 2 aromatic heterocycles. The molecule has 0 N–H and O–H groups in total. The second kappa shape index (κ2) is 5.95. The fraction of sp³-hybridized carbons (Fsp3) is 0.267. The Balaban J connectivity index is 1.87. The zero-order chi connectivity index (χ0) is 14.8. The van der Waals surface area contributed by atoms with Crippen LogP contribution in [0.5, 0.6) is 0 Å². The van der Waals surface area contributed by atoms with E-state index >= 15 is 0 Å². The normalized spacial score (nSPS) is 11.0. The molecule has 0 bridgehead atoms. The van der Waals surface area contributed by atoms with Crippen LogP contribution in [0.3, 0.4) is 0 Å². The zero-order valence-corrected chi connectivity index (χ0v) is 13.4. The number of nitrogens with zero attached hydrogens (tertiary/aromatic N) is 4. The van der Waals surface area contributed by atoms with Crippen LogP contribution in [0.15, 0.2) is 29.6 Å². The topological polar surface area (TPSA) is 43.6 Å². The van der Waals surface area contributed by atoms with Crippen molar-refractivity contribution in [3.8, 4) is 10.6 Å². The SMILES string of the molecule is Cc1nc(C)n(Cc2cccc(-c3nc(CCl)cs3)c2)n1. The van der Waals surface area contributed by atoms with E-state index in [-0.39, 0.29) is 0 Å². The van der Waals surface area contributed by atoms with Crippen LogP contribution in [0.1, 0.15) is 22.9 Å². The molecule has 0 aliphatic carbocycles. The van der Waals surface area contributed by atoms with Crippen LogP contribution < -0.4 is 0 Å². The minimum Gasteiger partial charge on any atom is -0.246 e. The van der Waals surface area contributed by atoms with E-state index in [4.69, 9.17) is 11.6 Å². The van der Waals surface area contributed by atoms with Gasteiger partial charge in [-0.25, -0.2) is 14.6 Å². The maximum Gasteiger partial charge on any atom is 0.147 e. The summed E-state index contributed by atoms with van der Waals surface area (Å²) in [6.45, 7) is 4.59. The molecule has 0 amide bonds. The number of halogens is 1. The molecule has 0 spiro atoms.